The van der Waals surface area contributed by atoms with E-state index in [0.29, 0.717) is 30.7 Å². The number of rotatable bonds is 6. The molecule has 0 saturated heterocycles. The summed E-state index contributed by atoms with van der Waals surface area (Å²) in [6, 6.07) is 11.4. The molecule has 6 heteroatoms. The lowest BCUT2D eigenvalue weighted by atomic mass is 10.0. The largest absolute Gasteiger partial charge is 0.390 e. The summed E-state index contributed by atoms with van der Waals surface area (Å²) in [5, 5.41) is 18.8. The molecule has 0 aliphatic heterocycles. The average Bonchev–Trinajstić information content (AvgIpc) is 2.67. The van der Waals surface area contributed by atoms with Crippen molar-refractivity contribution in [3.8, 4) is 17.3 Å². The van der Waals surface area contributed by atoms with Crippen molar-refractivity contribution >= 4 is 0 Å². The first-order chi connectivity index (χ1) is 13.3. The van der Waals surface area contributed by atoms with E-state index in [1.807, 2.05) is 25.1 Å². The van der Waals surface area contributed by atoms with Crippen molar-refractivity contribution in [1.29, 1.82) is 5.26 Å². The highest BCUT2D eigenvalue weighted by Crippen LogP contribution is 2.20. The van der Waals surface area contributed by atoms with E-state index in [-0.39, 0.29) is 0 Å². The van der Waals surface area contributed by atoms with Crippen LogP contribution < -0.4 is 0 Å². The lowest BCUT2D eigenvalue weighted by Crippen LogP contribution is -2.19. The number of hydrogen-bond donors (Lipinski definition) is 1. The first kappa shape index (κ1) is 19.6. The molecule has 2 aromatic heterocycles. The fraction of sp³-hybridized carbons (Fsp3) is 0.318. The summed E-state index contributed by atoms with van der Waals surface area (Å²) in [6.07, 6.45) is 5.34. The molecule has 6 nitrogen and oxygen atoms in total. The molecule has 0 radical (unpaired) electrons. The molecule has 0 fully saturated rings. The second kappa shape index (κ2) is 8.24. The van der Waals surface area contributed by atoms with Crippen molar-refractivity contribution in [3.05, 3.63) is 71.2 Å². The van der Waals surface area contributed by atoms with Crippen molar-refractivity contribution in [1.82, 2.24) is 19.9 Å². The standard InChI is InChI=1S/C22H23N5O/c1-15-18(14-25-20(26-15)8-10-22(2,3)28)19-9-11-24-21(27-19)12-16-4-6-17(13-23)7-5-16/h4-7,9,11,14,28H,8,10,12H2,1-3H3. The van der Waals surface area contributed by atoms with E-state index >= 15 is 0 Å². The number of aromatic nitrogens is 4. The van der Waals surface area contributed by atoms with Gasteiger partial charge >= 0.3 is 0 Å². The maximum Gasteiger partial charge on any atom is 0.133 e. The van der Waals surface area contributed by atoms with Crippen LogP contribution in [0.4, 0.5) is 0 Å². The zero-order valence-corrected chi connectivity index (χ0v) is 16.3. The maximum atomic E-state index is 9.87. The highest BCUT2D eigenvalue weighted by molar-refractivity contribution is 5.60. The molecule has 2 heterocycles. The van der Waals surface area contributed by atoms with Crippen LogP contribution in [-0.2, 0) is 12.8 Å². The Bertz CT molecular complexity index is 1000. The number of aliphatic hydroxyl groups is 1. The molecule has 0 atom stereocenters. The molecule has 142 valence electrons. The molecular weight excluding hydrogens is 350 g/mol. The molecule has 3 aromatic rings. The number of nitriles is 1. The van der Waals surface area contributed by atoms with Crippen LogP contribution in [0.25, 0.3) is 11.3 Å². The van der Waals surface area contributed by atoms with E-state index in [1.165, 1.54) is 0 Å². The van der Waals surface area contributed by atoms with Gasteiger partial charge in [-0.05, 0) is 51.0 Å². The predicted molar refractivity (Wildman–Crippen MR) is 106 cm³/mol. The normalized spacial score (nSPS) is 11.2. The lowest BCUT2D eigenvalue weighted by Gasteiger charge is -2.16. The van der Waals surface area contributed by atoms with Crippen molar-refractivity contribution in [2.45, 2.75) is 45.6 Å². The van der Waals surface area contributed by atoms with Crippen LogP contribution in [-0.4, -0.2) is 30.6 Å². The van der Waals surface area contributed by atoms with Crippen LogP contribution in [0.3, 0.4) is 0 Å². The maximum absolute atomic E-state index is 9.87. The minimum Gasteiger partial charge on any atom is -0.390 e. The Hall–Kier alpha value is -3.17. The molecule has 0 saturated carbocycles. The summed E-state index contributed by atoms with van der Waals surface area (Å²) in [6.45, 7) is 5.50. The van der Waals surface area contributed by atoms with Gasteiger partial charge in [0, 0.05) is 30.8 Å². The van der Waals surface area contributed by atoms with Gasteiger partial charge in [-0.3, -0.25) is 0 Å². The minimum absolute atomic E-state index is 0.586. The van der Waals surface area contributed by atoms with Crippen molar-refractivity contribution in [2.24, 2.45) is 0 Å². The molecule has 0 spiro atoms. The first-order valence-electron chi connectivity index (χ1n) is 9.20. The smallest absolute Gasteiger partial charge is 0.133 e. The highest BCUT2D eigenvalue weighted by atomic mass is 16.3. The summed E-state index contributed by atoms with van der Waals surface area (Å²) < 4.78 is 0. The van der Waals surface area contributed by atoms with E-state index < -0.39 is 5.60 Å². The van der Waals surface area contributed by atoms with E-state index in [9.17, 15) is 5.11 Å². The lowest BCUT2D eigenvalue weighted by molar-refractivity contribution is 0.0708. The fourth-order valence-electron chi connectivity index (χ4n) is 2.82. The molecular formula is C22H23N5O. The molecule has 1 N–H and O–H groups in total. The van der Waals surface area contributed by atoms with Crippen molar-refractivity contribution in [3.63, 3.8) is 0 Å². The third-order valence-corrected chi connectivity index (χ3v) is 4.42. The van der Waals surface area contributed by atoms with Crippen LogP contribution in [0.15, 0.2) is 42.7 Å². The number of hydrogen-bond acceptors (Lipinski definition) is 6. The van der Waals surface area contributed by atoms with E-state index in [4.69, 9.17) is 5.26 Å². The van der Waals surface area contributed by atoms with Crippen LogP contribution in [0.5, 0.6) is 0 Å². The molecule has 0 aliphatic rings. The van der Waals surface area contributed by atoms with Gasteiger partial charge in [-0.25, -0.2) is 19.9 Å². The predicted octanol–water partition coefficient (Wildman–Crippen LogP) is 3.41. The second-order valence-electron chi connectivity index (χ2n) is 7.44. The van der Waals surface area contributed by atoms with Gasteiger partial charge in [0.25, 0.3) is 0 Å². The van der Waals surface area contributed by atoms with Gasteiger partial charge in [-0.15, -0.1) is 0 Å². The summed E-state index contributed by atoms with van der Waals surface area (Å²) in [4.78, 5) is 18.0. The summed E-state index contributed by atoms with van der Waals surface area (Å²) >= 11 is 0. The zero-order valence-electron chi connectivity index (χ0n) is 16.3. The Morgan fingerprint density at radius 3 is 2.43 bits per heavy atom. The average molecular weight is 373 g/mol. The van der Waals surface area contributed by atoms with Gasteiger partial charge in [-0.1, -0.05) is 12.1 Å². The molecule has 0 amide bonds. The van der Waals surface area contributed by atoms with Crippen molar-refractivity contribution < 1.29 is 5.11 Å². The van der Waals surface area contributed by atoms with E-state index in [2.05, 4.69) is 26.0 Å². The van der Waals surface area contributed by atoms with Gasteiger partial charge in [0.05, 0.1) is 28.6 Å². The molecule has 0 unspecified atom stereocenters. The number of aryl methyl sites for hydroxylation is 2. The SMILES string of the molecule is Cc1nc(CCC(C)(C)O)ncc1-c1ccnc(Cc2ccc(C#N)cc2)n1. The molecule has 3 rings (SSSR count). The third kappa shape index (κ3) is 5.18. The van der Waals surface area contributed by atoms with Crippen LogP contribution in [0.2, 0.25) is 0 Å². The molecule has 0 aliphatic carbocycles. The van der Waals surface area contributed by atoms with Gasteiger partial charge in [0.2, 0.25) is 0 Å². The van der Waals surface area contributed by atoms with Gasteiger partial charge in [0.15, 0.2) is 0 Å². The van der Waals surface area contributed by atoms with Gasteiger partial charge < -0.3 is 5.11 Å². The fourth-order valence-corrected chi connectivity index (χ4v) is 2.82. The van der Waals surface area contributed by atoms with E-state index in [1.54, 1.807) is 38.4 Å². The minimum atomic E-state index is -0.733. The van der Waals surface area contributed by atoms with Crippen molar-refractivity contribution in [2.75, 3.05) is 0 Å². The molecule has 1 aromatic carbocycles. The molecule has 28 heavy (non-hydrogen) atoms. The zero-order chi connectivity index (χ0) is 20.1. The Morgan fingerprint density at radius 1 is 1.04 bits per heavy atom. The second-order valence-corrected chi connectivity index (χ2v) is 7.44. The molecule has 0 bridgehead atoms. The Labute approximate surface area is 165 Å². The topological polar surface area (TPSA) is 95.6 Å². The Morgan fingerprint density at radius 2 is 1.79 bits per heavy atom. The summed E-state index contributed by atoms with van der Waals surface area (Å²) in [5.41, 5.74) is 3.45. The Kier molecular flexibility index (Phi) is 5.76. The highest BCUT2D eigenvalue weighted by Gasteiger charge is 2.14. The van der Waals surface area contributed by atoms with Crippen LogP contribution >= 0.6 is 0 Å². The first-order valence-corrected chi connectivity index (χ1v) is 9.20. The number of nitrogens with zero attached hydrogens (tertiary/aromatic N) is 5. The van der Waals surface area contributed by atoms with Crippen LogP contribution in [0, 0.1) is 18.3 Å². The van der Waals surface area contributed by atoms with Crippen LogP contribution in [0.1, 0.15) is 48.7 Å². The summed E-state index contributed by atoms with van der Waals surface area (Å²) in [7, 11) is 0. The Balaban J connectivity index is 1.78. The van der Waals surface area contributed by atoms with Gasteiger partial charge in [0.1, 0.15) is 11.6 Å². The monoisotopic (exact) mass is 373 g/mol. The quantitative estimate of drug-likeness (QED) is 0.711. The van der Waals surface area contributed by atoms with Gasteiger partial charge in [-0.2, -0.15) is 5.26 Å². The van der Waals surface area contributed by atoms with E-state index in [0.717, 1.165) is 28.3 Å². The summed E-state index contributed by atoms with van der Waals surface area (Å²) in [5.74, 6) is 1.42. The third-order valence-electron chi connectivity index (χ3n) is 4.42. The number of benzene rings is 1.